The summed E-state index contributed by atoms with van der Waals surface area (Å²) in [6, 6.07) is 0.739. The van der Waals surface area contributed by atoms with Gasteiger partial charge in [0.05, 0.1) is 0 Å². The van der Waals surface area contributed by atoms with Crippen molar-refractivity contribution in [2.45, 2.75) is 25.8 Å². The first-order chi connectivity index (χ1) is 5.38. The van der Waals surface area contributed by atoms with Crippen LogP contribution in [-0.4, -0.2) is 37.2 Å². The Labute approximate surface area is 68.9 Å². The molecule has 1 heterocycles. The van der Waals surface area contributed by atoms with Gasteiger partial charge in [0.25, 0.3) is 0 Å². The molecule has 1 aliphatic rings. The Morgan fingerprint density at radius 1 is 1.64 bits per heavy atom. The Bertz CT molecular complexity index is 106. The van der Waals surface area contributed by atoms with Crippen molar-refractivity contribution in [1.82, 2.24) is 10.2 Å². The highest BCUT2D eigenvalue weighted by atomic mass is 15.2. The van der Waals surface area contributed by atoms with E-state index in [0.717, 1.165) is 12.6 Å². The van der Waals surface area contributed by atoms with Crippen molar-refractivity contribution in [3.63, 3.8) is 0 Å². The third kappa shape index (κ3) is 2.43. The van der Waals surface area contributed by atoms with Gasteiger partial charge in [-0.25, -0.2) is 0 Å². The summed E-state index contributed by atoms with van der Waals surface area (Å²) in [5.74, 6) is 0. The maximum atomic E-state index is 5.36. The zero-order valence-corrected chi connectivity index (χ0v) is 7.34. The first-order valence-electron chi connectivity index (χ1n) is 4.53. The molecule has 0 spiro atoms. The molecule has 0 saturated carbocycles. The highest BCUT2D eigenvalue weighted by Gasteiger charge is 2.21. The lowest BCUT2D eigenvalue weighted by Gasteiger charge is -2.22. The van der Waals surface area contributed by atoms with Crippen molar-refractivity contribution in [3.8, 4) is 0 Å². The Morgan fingerprint density at radius 2 is 2.45 bits per heavy atom. The minimum Gasteiger partial charge on any atom is -0.318 e. The minimum atomic E-state index is 0.605. The van der Waals surface area contributed by atoms with Crippen LogP contribution < -0.4 is 11.1 Å². The van der Waals surface area contributed by atoms with Gasteiger partial charge in [-0.3, -0.25) is 4.90 Å². The summed E-state index contributed by atoms with van der Waals surface area (Å²) in [6.45, 7) is 6.34. The molecule has 3 heteroatoms. The van der Waals surface area contributed by atoms with Crippen LogP contribution in [0.5, 0.6) is 0 Å². The lowest BCUT2D eigenvalue weighted by atomic mass is 10.2. The van der Waals surface area contributed by atoms with Crippen molar-refractivity contribution in [3.05, 3.63) is 0 Å². The van der Waals surface area contributed by atoms with E-state index in [1.807, 2.05) is 0 Å². The average molecular weight is 157 g/mol. The molecule has 1 fully saturated rings. The average Bonchev–Trinajstić information content (AvgIpc) is 2.47. The summed E-state index contributed by atoms with van der Waals surface area (Å²) < 4.78 is 0. The van der Waals surface area contributed by atoms with Crippen molar-refractivity contribution in [2.75, 3.05) is 26.3 Å². The Balaban J connectivity index is 2.20. The molecule has 1 saturated heterocycles. The van der Waals surface area contributed by atoms with E-state index in [9.17, 15) is 0 Å². The molecule has 0 aromatic carbocycles. The van der Waals surface area contributed by atoms with Gasteiger partial charge in [-0.15, -0.1) is 0 Å². The summed E-state index contributed by atoms with van der Waals surface area (Å²) >= 11 is 0. The van der Waals surface area contributed by atoms with E-state index >= 15 is 0 Å². The summed E-state index contributed by atoms with van der Waals surface area (Å²) in [4.78, 5) is 2.52. The van der Waals surface area contributed by atoms with Gasteiger partial charge < -0.3 is 11.1 Å². The topological polar surface area (TPSA) is 41.3 Å². The molecular formula is C8H19N3. The van der Waals surface area contributed by atoms with Crippen LogP contribution in [0, 0.1) is 0 Å². The van der Waals surface area contributed by atoms with Crippen molar-refractivity contribution >= 4 is 0 Å². The molecule has 1 atom stereocenters. The van der Waals surface area contributed by atoms with Crippen LogP contribution in [0.25, 0.3) is 0 Å². The molecule has 3 N–H and O–H groups in total. The van der Waals surface area contributed by atoms with E-state index in [2.05, 4.69) is 17.1 Å². The SMILES string of the molecule is CCN1CCCC1CNCN. The van der Waals surface area contributed by atoms with Gasteiger partial charge in [-0.05, 0) is 25.9 Å². The maximum Gasteiger partial charge on any atom is 0.0429 e. The number of nitrogens with two attached hydrogens (primary N) is 1. The predicted octanol–water partition coefficient (Wildman–Crippen LogP) is -0.0235. The molecule has 1 unspecified atom stereocenters. The highest BCUT2D eigenvalue weighted by Crippen LogP contribution is 2.15. The Kier molecular flexibility index (Phi) is 3.83. The van der Waals surface area contributed by atoms with Crippen molar-refractivity contribution < 1.29 is 0 Å². The number of nitrogens with one attached hydrogen (secondary N) is 1. The number of likely N-dealkylation sites (tertiary alicyclic amines) is 1. The van der Waals surface area contributed by atoms with E-state index in [4.69, 9.17) is 5.73 Å². The zero-order valence-electron chi connectivity index (χ0n) is 7.34. The van der Waals surface area contributed by atoms with Gasteiger partial charge in [0.15, 0.2) is 0 Å². The molecule has 0 amide bonds. The normalized spacial score (nSPS) is 26.2. The number of hydrogen-bond donors (Lipinski definition) is 2. The van der Waals surface area contributed by atoms with Gasteiger partial charge in [0.1, 0.15) is 0 Å². The van der Waals surface area contributed by atoms with E-state index in [1.165, 1.54) is 25.9 Å². The molecule has 1 aliphatic heterocycles. The number of hydrogen-bond acceptors (Lipinski definition) is 3. The summed E-state index contributed by atoms with van der Waals surface area (Å²) in [7, 11) is 0. The lowest BCUT2D eigenvalue weighted by Crippen LogP contribution is -2.39. The summed E-state index contributed by atoms with van der Waals surface area (Å²) in [5.41, 5.74) is 5.36. The van der Waals surface area contributed by atoms with Gasteiger partial charge in [-0.1, -0.05) is 6.92 Å². The fourth-order valence-corrected chi connectivity index (χ4v) is 1.79. The van der Waals surface area contributed by atoms with Gasteiger partial charge >= 0.3 is 0 Å². The number of nitrogens with zero attached hydrogens (tertiary/aromatic N) is 1. The van der Waals surface area contributed by atoms with Gasteiger partial charge in [-0.2, -0.15) is 0 Å². The number of likely N-dealkylation sites (N-methyl/N-ethyl adjacent to an activating group) is 1. The third-order valence-corrected chi connectivity index (χ3v) is 2.43. The Hall–Kier alpha value is -0.120. The molecule has 0 aliphatic carbocycles. The van der Waals surface area contributed by atoms with E-state index in [-0.39, 0.29) is 0 Å². The smallest absolute Gasteiger partial charge is 0.0429 e. The highest BCUT2D eigenvalue weighted by molar-refractivity contribution is 4.79. The molecular weight excluding hydrogens is 138 g/mol. The quantitative estimate of drug-likeness (QED) is 0.563. The van der Waals surface area contributed by atoms with Crippen molar-refractivity contribution in [1.29, 1.82) is 0 Å². The van der Waals surface area contributed by atoms with Crippen molar-refractivity contribution in [2.24, 2.45) is 5.73 Å². The van der Waals surface area contributed by atoms with Crippen LogP contribution in [-0.2, 0) is 0 Å². The standard InChI is InChI=1S/C8H19N3/c1-2-11-5-3-4-8(11)6-10-7-9/h8,10H,2-7,9H2,1H3. The van der Waals surface area contributed by atoms with Crippen LogP contribution in [0.4, 0.5) is 0 Å². The van der Waals surface area contributed by atoms with E-state index < -0.39 is 0 Å². The fourth-order valence-electron chi connectivity index (χ4n) is 1.79. The maximum absolute atomic E-state index is 5.36. The molecule has 3 nitrogen and oxygen atoms in total. The second kappa shape index (κ2) is 4.70. The van der Waals surface area contributed by atoms with Crippen LogP contribution in [0.1, 0.15) is 19.8 Å². The minimum absolute atomic E-state index is 0.605. The lowest BCUT2D eigenvalue weighted by molar-refractivity contribution is 0.261. The number of rotatable bonds is 4. The second-order valence-corrected chi connectivity index (χ2v) is 3.08. The fraction of sp³-hybridized carbons (Fsp3) is 1.00. The molecule has 0 aromatic rings. The molecule has 0 aromatic heterocycles. The third-order valence-electron chi connectivity index (χ3n) is 2.43. The molecule has 0 bridgehead atoms. The first-order valence-corrected chi connectivity index (χ1v) is 4.53. The van der Waals surface area contributed by atoms with E-state index in [0.29, 0.717) is 6.67 Å². The van der Waals surface area contributed by atoms with Crippen LogP contribution in [0.3, 0.4) is 0 Å². The molecule has 66 valence electrons. The van der Waals surface area contributed by atoms with Gasteiger partial charge in [0.2, 0.25) is 0 Å². The predicted molar refractivity (Wildman–Crippen MR) is 47.3 cm³/mol. The Morgan fingerprint density at radius 3 is 3.09 bits per heavy atom. The zero-order chi connectivity index (χ0) is 8.10. The van der Waals surface area contributed by atoms with Crippen LogP contribution >= 0.6 is 0 Å². The van der Waals surface area contributed by atoms with Crippen LogP contribution in [0.2, 0.25) is 0 Å². The van der Waals surface area contributed by atoms with Gasteiger partial charge in [0, 0.05) is 19.3 Å². The van der Waals surface area contributed by atoms with E-state index in [1.54, 1.807) is 0 Å². The monoisotopic (exact) mass is 157 g/mol. The molecule has 1 rings (SSSR count). The summed E-state index contributed by atoms with van der Waals surface area (Å²) in [6.07, 6.45) is 2.69. The largest absolute Gasteiger partial charge is 0.318 e. The first kappa shape index (κ1) is 8.97. The molecule has 0 radical (unpaired) electrons. The second-order valence-electron chi connectivity index (χ2n) is 3.08. The summed E-state index contributed by atoms with van der Waals surface area (Å²) in [5, 5.41) is 3.19. The molecule has 11 heavy (non-hydrogen) atoms. The van der Waals surface area contributed by atoms with Crippen LogP contribution in [0.15, 0.2) is 0 Å².